The molecule has 2 aliphatic heterocycles. The number of hydrogen-bond acceptors (Lipinski definition) is 5. The highest BCUT2D eigenvalue weighted by atomic mass is 32.2. The van der Waals surface area contributed by atoms with Gasteiger partial charge in [-0.3, -0.25) is 9.59 Å². The molecule has 2 amide bonds. The maximum absolute atomic E-state index is 12.8. The van der Waals surface area contributed by atoms with Crippen LogP contribution in [0.2, 0.25) is 0 Å². The van der Waals surface area contributed by atoms with E-state index in [0.29, 0.717) is 18.8 Å². The van der Waals surface area contributed by atoms with Crippen LogP contribution in [0.5, 0.6) is 0 Å². The molecule has 1 N–H and O–H groups in total. The van der Waals surface area contributed by atoms with Crippen LogP contribution in [0.25, 0.3) is 0 Å². The Morgan fingerprint density at radius 1 is 1.21 bits per heavy atom. The minimum atomic E-state index is -3.63. The molecule has 0 aliphatic carbocycles. The summed E-state index contributed by atoms with van der Waals surface area (Å²) >= 11 is 1.40. The molecule has 1 atom stereocenters. The van der Waals surface area contributed by atoms with Gasteiger partial charge in [-0.1, -0.05) is 24.3 Å². The zero-order valence-electron chi connectivity index (χ0n) is 16.1. The molecule has 0 radical (unpaired) electrons. The smallest absolute Gasteiger partial charge is 0.237 e. The summed E-state index contributed by atoms with van der Waals surface area (Å²) in [7, 11) is -3.63. The van der Waals surface area contributed by atoms with Crippen molar-refractivity contribution in [2.45, 2.75) is 41.4 Å². The van der Waals surface area contributed by atoms with Crippen LogP contribution < -0.4 is 5.32 Å². The molecule has 152 valence electrons. The lowest BCUT2D eigenvalue weighted by Crippen LogP contribution is -2.36. The quantitative estimate of drug-likeness (QED) is 0.806. The van der Waals surface area contributed by atoms with Gasteiger partial charge in [-0.2, -0.15) is 0 Å². The molecule has 6 nitrogen and oxygen atoms in total. The first-order chi connectivity index (χ1) is 13.8. The van der Waals surface area contributed by atoms with Crippen molar-refractivity contribution in [1.82, 2.24) is 4.90 Å². The topological polar surface area (TPSA) is 83.6 Å². The first-order valence-electron chi connectivity index (χ1n) is 9.52. The average molecular weight is 431 g/mol. The SMILES string of the molecule is CC1Sc2ccc(S(=O)(=O)CCC(=O)N3CCc4ccccc4C3)cc2NC1=O. The summed E-state index contributed by atoms with van der Waals surface area (Å²) in [6, 6.07) is 12.8. The van der Waals surface area contributed by atoms with Crippen LogP contribution in [0, 0.1) is 0 Å². The lowest BCUT2D eigenvalue weighted by atomic mass is 10.00. The number of thioether (sulfide) groups is 1. The van der Waals surface area contributed by atoms with Crippen molar-refractivity contribution in [3.8, 4) is 0 Å². The van der Waals surface area contributed by atoms with E-state index in [1.807, 2.05) is 18.2 Å². The van der Waals surface area contributed by atoms with Crippen molar-refractivity contribution in [2.75, 3.05) is 17.6 Å². The van der Waals surface area contributed by atoms with Crippen LogP contribution in [-0.4, -0.2) is 42.7 Å². The summed E-state index contributed by atoms with van der Waals surface area (Å²) in [5.74, 6) is -0.545. The molecular weight excluding hydrogens is 408 g/mol. The Morgan fingerprint density at radius 3 is 2.76 bits per heavy atom. The van der Waals surface area contributed by atoms with Crippen molar-refractivity contribution in [2.24, 2.45) is 0 Å². The molecule has 1 unspecified atom stereocenters. The van der Waals surface area contributed by atoms with E-state index in [9.17, 15) is 18.0 Å². The van der Waals surface area contributed by atoms with Crippen LogP contribution in [0.3, 0.4) is 0 Å². The highest BCUT2D eigenvalue weighted by molar-refractivity contribution is 8.01. The fourth-order valence-corrected chi connectivity index (χ4v) is 5.77. The van der Waals surface area contributed by atoms with Crippen LogP contribution in [0.15, 0.2) is 52.3 Å². The summed E-state index contributed by atoms with van der Waals surface area (Å²) in [6.07, 6.45) is 0.731. The highest BCUT2D eigenvalue weighted by Crippen LogP contribution is 2.37. The fourth-order valence-electron chi connectivity index (χ4n) is 3.59. The Morgan fingerprint density at radius 2 is 1.97 bits per heavy atom. The molecule has 8 heteroatoms. The summed E-state index contributed by atoms with van der Waals surface area (Å²) < 4.78 is 25.5. The molecule has 0 saturated heterocycles. The number of fused-ring (bicyclic) bond motifs is 2. The lowest BCUT2D eigenvalue weighted by molar-refractivity contribution is -0.131. The van der Waals surface area contributed by atoms with Gasteiger partial charge in [-0.05, 0) is 42.7 Å². The van der Waals surface area contributed by atoms with Crippen molar-refractivity contribution in [3.05, 3.63) is 53.6 Å². The van der Waals surface area contributed by atoms with Gasteiger partial charge >= 0.3 is 0 Å². The summed E-state index contributed by atoms with van der Waals surface area (Å²) in [4.78, 5) is 27.2. The average Bonchev–Trinajstić information content (AvgIpc) is 2.72. The minimum absolute atomic E-state index is 0.0558. The fraction of sp³-hybridized carbons (Fsp3) is 0.333. The monoisotopic (exact) mass is 430 g/mol. The zero-order valence-corrected chi connectivity index (χ0v) is 17.7. The van der Waals surface area contributed by atoms with E-state index in [1.165, 1.54) is 23.4 Å². The van der Waals surface area contributed by atoms with Crippen LogP contribution >= 0.6 is 11.8 Å². The largest absolute Gasteiger partial charge is 0.338 e. The Kier molecular flexibility index (Phi) is 5.40. The lowest BCUT2D eigenvalue weighted by Gasteiger charge is -2.29. The van der Waals surface area contributed by atoms with Gasteiger partial charge < -0.3 is 10.2 Å². The number of anilines is 1. The first kappa shape index (κ1) is 20.0. The third-order valence-corrected chi connectivity index (χ3v) is 8.20. The number of benzene rings is 2. The van der Waals surface area contributed by atoms with E-state index < -0.39 is 9.84 Å². The van der Waals surface area contributed by atoms with Crippen LogP contribution in [0.1, 0.15) is 24.5 Å². The third kappa shape index (κ3) is 4.18. The van der Waals surface area contributed by atoms with Crippen molar-refractivity contribution < 1.29 is 18.0 Å². The zero-order chi connectivity index (χ0) is 20.6. The number of amides is 2. The maximum atomic E-state index is 12.8. The predicted molar refractivity (Wildman–Crippen MR) is 113 cm³/mol. The third-order valence-electron chi connectivity index (χ3n) is 5.31. The van der Waals surface area contributed by atoms with E-state index in [0.717, 1.165) is 16.9 Å². The molecule has 0 spiro atoms. The normalized spacial score (nSPS) is 18.6. The summed E-state index contributed by atoms with van der Waals surface area (Å²) in [6.45, 7) is 2.93. The van der Waals surface area contributed by atoms with Crippen molar-refractivity contribution in [3.63, 3.8) is 0 Å². The number of carbonyl (C=O) groups excluding carboxylic acids is 2. The highest BCUT2D eigenvalue weighted by Gasteiger charge is 2.26. The number of nitrogens with one attached hydrogen (secondary N) is 1. The molecule has 2 aromatic carbocycles. The molecule has 0 bridgehead atoms. The number of hydrogen-bond donors (Lipinski definition) is 1. The predicted octanol–water partition coefficient (Wildman–Crippen LogP) is 2.87. The van der Waals surface area contributed by atoms with Gasteiger partial charge in [0, 0.05) is 24.4 Å². The van der Waals surface area contributed by atoms with E-state index in [-0.39, 0.29) is 34.1 Å². The van der Waals surface area contributed by atoms with E-state index in [1.54, 1.807) is 24.0 Å². The van der Waals surface area contributed by atoms with Crippen molar-refractivity contribution in [1.29, 1.82) is 0 Å². The second kappa shape index (κ2) is 7.84. The maximum Gasteiger partial charge on any atom is 0.237 e. The van der Waals surface area contributed by atoms with Crippen LogP contribution in [0.4, 0.5) is 5.69 Å². The Hall–Kier alpha value is -2.32. The van der Waals surface area contributed by atoms with Gasteiger partial charge in [0.05, 0.1) is 21.6 Å². The molecule has 0 saturated carbocycles. The summed E-state index contributed by atoms with van der Waals surface area (Å²) in [5.41, 5.74) is 2.87. The van der Waals surface area contributed by atoms with Gasteiger partial charge in [0.1, 0.15) is 0 Å². The molecule has 2 aromatic rings. The Balaban J connectivity index is 1.43. The van der Waals surface area contributed by atoms with E-state index in [2.05, 4.69) is 11.4 Å². The van der Waals surface area contributed by atoms with Gasteiger partial charge in [0.25, 0.3) is 0 Å². The second-order valence-corrected chi connectivity index (χ2v) is 10.8. The molecule has 2 heterocycles. The molecule has 0 fully saturated rings. The molecule has 29 heavy (non-hydrogen) atoms. The van der Waals surface area contributed by atoms with Gasteiger partial charge in [-0.15, -0.1) is 11.8 Å². The number of sulfone groups is 1. The minimum Gasteiger partial charge on any atom is -0.338 e. The van der Waals surface area contributed by atoms with Crippen molar-refractivity contribution >= 4 is 39.1 Å². The first-order valence-corrected chi connectivity index (χ1v) is 12.1. The summed E-state index contributed by atoms with van der Waals surface area (Å²) in [5, 5.41) is 2.54. The molecule has 0 aromatic heterocycles. The van der Waals surface area contributed by atoms with Gasteiger partial charge in [0.2, 0.25) is 11.8 Å². The standard InChI is InChI=1S/C21H22N2O4S2/c1-14-21(25)22-18-12-17(6-7-19(18)28-14)29(26,27)11-9-20(24)23-10-8-15-4-2-3-5-16(15)13-23/h2-7,12,14H,8-11,13H2,1H3,(H,22,25). The van der Waals surface area contributed by atoms with Crippen LogP contribution in [-0.2, 0) is 32.4 Å². The molecule has 2 aliphatic rings. The van der Waals surface area contributed by atoms with Gasteiger partial charge in [-0.25, -0.2) is 8.42 Å². The number of rotatable bonds is 4. The van der Waals surface area contributed by atoms with E-state index >= 15 is 0 Å². The number of nitrogens with zero attached hydrogens (tertiary/aromatic N) is 1. The van der Waals surface area contributed by atoms with E-state index in [4.69, 9.17) is 0 Å². The molecule has 4 rings (SSSR count). The molecular formula is C21H22N2O4S2. The Labute approximate surface area is 174 Å². The second-order valence-electron chi connectivity index (χ2n) is 7.31. The van der Waals surface area contributed by atoms with Gasteiger partial charge in [0.15, 0.2) is 9.84 Å². The number of carbonyl (C=O) groups is 2. The Bertz CT molecular complexity index is 1080.